The van der Waals surface area contributed by atoms with Crippen molar-refractivity contribution in [1.82, 2.24) is 4.31 Å². The second-order valence-electron chi connectivity index (χ2n) is 6.30. The van der Waals surface area contributed by atoms with E-state index >= 15 is 0 Å². The van der Waals surface area contributed by atoms with Gasteiger partial charge >= 0.3 is 0 Å². The predicted octanol–water partition coefficient (Wildman–Crippen LogP) is 4.00. The van der Waals surface area contributed by atoms with Crippen LogP contribution in [0.15, 0.2) is 53.4 Å². The van der Waals surface area contributed by atoms with Gasteiger partial charge in [-0.05, 0) is 54.8 Å². The molecule has 8 heteroatoms. The molecule has 0 aromatic heterocycles. The van der Waals surface area contributed by atoms with E-state index in [2.05, 4.69) is 5.32 Å². The monoisotopic (exact) mass is 424 g/mol. The van der Waals surface area contributed by atoms with Crippen molar-refractivity contribution in [3.05, 3.63) is 59.1 Å². The molecule has 1 amide bonds. The minimum atomic E-state index is -3.42. The molecule has 5 nitrogen and oxygen atoms in total. The third-order valence-corrected chi connectivity index (χ3v) is 7.42. The predicted molar refractivity (Wildman–Crippen MR) is 111 cm³/mol. The number of halogens is 1. The minimum absolute atomic E-state index is 0.121. The number of hydrogen-bond donors (Lipinski definition) is 1. The molecule has 27 heavy (non-hydrogen) atoms. The Morgan fingerprint density at radius 1 is 1.04 bits per heavy atom. The zero-order valence-electron chi connectivity index (χ0n) is 14.7. The molecule has 1 heterocycles. The zero-order valence-corrected chi connectivity index (χ0v) is 17.1. The Morgan fingerprint density at radius 3 is 2.30 bits per heavy atom. The van der Waals surface area contributed by atoms with Crippen LogP contribution in [-0.4, -0.2) is 37.5 Å². The molecular weight excluding hydrogens is 404 g/mol. The number of rotatable bonds is 7. The van der Waals surface area contributed by atoms with Gasteiger partial charge in [0.05, 0.1) is 10.6 Å². The highest BCUT2D eigenvalue weighted by molar-refractivity contribution is 7.99. The molecule has 0 radical (unpaired) electrons. The summed E-state index contributed by atoms with van der Waals surface area (Å²) in [5.41, 5.74) is 1.70. The normalized spacial score (nSPS) is 15.0. The number of thioether (sulfide) groups is 1. The smallest absolute Gasteiger partial charge is 0.243 e. The number of carbonyl (C=O) groups excluding carboxylic acids is 1. The number of amides is 1. The van der Waals surface area contributed by atoms with Crippen molar-refractivity contribution in [1.29, 1.82) is 0 Å². The quantitative estimate of drug-likeness (QED) is 0.729. The second-order valence-corrected chi connectivity index (χ2v) is 9.66. The first-order chi connectivity index (χ1) is 12.9. The lowest BCUT2D eigenvalue weighted by atomic mass is 10.2. The lowest BCUT2D eigenvalue weighted by molar-refractivity contribution is -0.113. The molecule has 3 rings (SSSR count). The Hall–Kier alpha value is -1.54. The average molecular weight is 425 g/mol. The summed E-state index contributed by atoms with van der Waals surface area (Å²) in [6.07, 6.45) is 1.81. The summed E-state index contributed by atoms with van der Waals surface area (Å²) in [4.78, 5) is 12.3. The van der Waals surface area contributed by atoms with Gasteiger partial charge in [-0.25, -0.2) is 8.42 Å². The van der Waals surface area contributed by atoms with Gasteiger partial charge in [0.2, 0.25) is 15.9 Å². The number of nitrogens with zero attached hydrogens (tertiary/aromatic N) is 1. The number of benzene rings is 2. The van der Waals surface area contributed by atoms with Gasteiger partial charge in [0.1, 0.15) is 0 Å². The van der Waals surface area contributed by atoms with Gasteiger partial charge in [-0.2, -0.15) is 4.31 Å². The number of hydrogen-bond acceptors (Lipinski definition) is 4. The number of carbonyl (C=O) groups is 1. The molecule has 2 aromatic carbocycles. The van der Waals surface area contributed by atoms with Crippen LogP contribution in [0.4, 0.5) is 5.69 Å². The van der Waals surface area contributed by atoms with E-state index in [1.54, 1.807) is 24.3 Å². The van der Waals surface area contributed by atoms with Gasteiger partial charge in [0.15, 0.2) is 0 Å². The fourth-order valence-electron chi connectivity index (χ4n) is 2.83. The van der Waals surface area contributed by atoms with E-state index in [9.17, 15) is 13.2 Å². The molecule has 0 unspecified atom stereocenters. The van der Waals surface area contributed by atoms with E-state index in [1.807, 2.05) is 24.3 Å². The maximum atomic E-state index is 12.5. The standard InChI is InChI=1S/C19H21ClN2O3S2/c20-16-5-3-15(4-6-16)13-26-14-19(23)21-17-7-9-18(10-8-17)27(24,25)22-11-1-2-12-22/h3-10H,1-2,11-14H2,(H,21,23). The Balaban J connectivity index is 1.50. The maximum absolute atomic E-state index is 12.5. The highest BCUT2D eigenvalue weighted by atomic mass is 35.5. The topological polar surface area (TPSA) is 66.5 Å². The van der Waals surface area contributed by atoms with Crippen molar-refractivity contribution in [2.24, 2.45) is 0 Å². The van der Waals surface area contributed by atoms with Gasteiger partial charge in [-0.1, -0.05) is 23.7 Å². The van der Waals surface area contributed by atoms with Gasteiger partial charge < -0.3 is 5.32 Å². The first-order valence-corrected chi connectivity index (χ1v) is 11.6. The van der Waals surface area contributed by atoms with Crippen LogP contribution < -0.4 is 5.32 Å². The average Bonchev–Trinajstić information content (AvgIpc) is 3.19. The molecule has 1 aliphatic rings. The summed E-state index contributed by atoms with van der Waals surface area (Å²) in [7, 11) is -3.42. The summed E-state index contributed by atoms with van der Waals surface area (Å²) in [6.45, 7) is 1.15. The number of anilines is 1. The van der Waals surface area contributed by atoms with Crippen LogP contribution in [0.25, 0.3) is 0 Å². The summed E-state index contributed by atoms with van der Waals surface area (Å²) in [5.74, 6) is 0.915. The molecule has 0 saturated carbocycles. The van der Waals surface area contributed by atoms with E-state index < -0.39 is 10.0 Å². The molecule has 0 aliphatic carbocycles. The molecule has 2 aromatic rings. The van der Waals surface area contributed by atoms with Gasteiger partial charge in [-0.15, -0.1) is 11.8 Å². The van der Waals surface area contributed by atoms with Crippen LogP contribution in [0.1, 0.15) is 18.4 Å². The van der Waals surface area contributed by atoms with E-state index in [4.69, 9.17) is 11.6 Å². The molecule has 1 N–H and O–H groups in total. The van der Waals surface area contributed by atoms with Crippen molar-refractivity contribution in [3.8, 4) is 0 Å². The number of sulfonamides is 1. The van der Waals surface area contributed by atoms with Crippen LogP contribution in [0.5, 0.6) is 0 Å². The van der Waals surface area contributed by atoms with Gasteiger partial charge in [-0.3, -0.25) is 4.79 Å². The Kier molecular flexibility index (Phi) is 6.81. The lowest BCUT2D eigenvalue weighted by Gasteiger charge is -2.15. The molecule has 1 aliphatic heterocycles. The van der Waals surface area contributed by atoms with Crippen LogP contribution >= 0.6 is 23.4 Å². The van der Waals surface area contributed by atoms with E-state index in [-0.39, 0.29) is 10.8 Å². The summed E-state index contributed by atoms with van der Waals surface area (Å²) < 4.78 is 26.5. The third kappa shape index (κ3) is 5.48. The minimum Gasteiger partial charge on any atom is -0.325 e. The first kappa shape index (κ1) is 20.2. The van der Waals surface area contributed by atoms with Crippen LogP contribution in [0.3, 0.4) is 0 Å². The zero-order chi connectivity index (χ0) is 19.3. The Bertz CT molecular complexity index is 878. The first-order valence-electron chi connectivity index (χ1n) is 8.67. The molecule has 0 bridgehead atoms. The molecule has 1 fully saturated rings. The third-order valence-electron chi connectivity index (χ3n) is 4.26. The van der Waals surface area contributed by atoms with Crippen LogP contribution in [0, 0.1) is 0 Å². The van der Waals surface area contributed by atoms with Crippen molar-refractivity contribution in [3.63, 3.8) is 0 Å². The largest absolute Gasteiger partial charge is 0.325 e. The molecular formula is C19H21ClN2O3S2. The lowest BCUT2D eigenvalue weighted by Crippen LogP contribution is -2.27. The second kappa shape index (κ2) is 9.10. The Morgan fingerprint density at radius 2 is 1.67 bits per heavy atom. The molecule has 0 atom stereocenters. The summed E-state index contributed by atoms with van der Waals surface area (Å²) >= 11 is 7.36. The van der Waals surface area contributed by atoms with E-state index in [0.717, 1.165) is 24.2 Å². The fourth-order valence-corrected chi connectivity index (χ4v) is 5.26. The maximum Gasteiger partial charge on any atom is 0.243 e. The SMILES string of the molecule is O=C(CSCc1ccc(Cl)cc1)Nc1ccc(S(=O)(=O)N2CCCC2)cc1. The molecule has 1 saturated heterocycles. The van der Waals surface area contributed by atoms with Crippen LogP contribution in [-0.2, 0) is 20.6 Å². The van der Waals surface area contributed by atoms with Gasteiger partial charge in [0.25, 0.3) is 0 Å². The number of nitrogens with one attached hydrogen (secondary N) is 1. The van der Waals surface area contributed by atoms with Crippen molar-refractivity contribution in [2.45, 2.75) is 23.5 Å². The summed E-state index contributed by atoms with van der Waals surface area (Å²) in [5, 5.41) is 3.49. The summed E-state index contributed by atoms with van der Waals surface area (Å²) in [6, 6.07) is 13.9. The highest BCUT2D eigenvalue weighted by Crippen LogP contribution is 2.22. The van der Waals surface area contributed by atoms with Crippen LogP contribution in [0.2, 0.25) is 5.02 Å². The van der Waals surface area contributed by atoms with Gasteiger partial charge in [0, 0.05) is 29.6 Å². The highest BCUT2D eigenvalue weighted by Gasteiger charge is 2.26. The van der Waals surface area contributed by atoms with Crippen molar-refractivity contribution >= 4 is 45.0 Å². The van der Waals surface area contributed by atoms with E-state index in [1.165, 1.54) is 16.1 Å². The fraction of sp³-hybridized carbons (Fsp3) is 0.316. The Labute approximate surface area is 169 Å². The van der Waals surface area contributed by atoms with E-state index in [0.29, 0.717) is 29.6 Å². The van der Waals surface area contributed by atoms with Crippen molar-refractivity contribution in [2.75, 3.05) is 24.2 Å². The molecule has 0 spiro atoms. The van der Waals surface area contributed by atoms with Crippen molar-refractivity contribution < 1.29 is 13.2 Å². The molecule has 144 valence electrons.